The lowest BCUT2D eigenvalue weighted by atomic mass is 10.2. The van der Waals surface area contributed by atoms with Crippen molar-refractivity contribution in [2.75, 3.05) is 19.6 Å². The molecular weight excluding hydrogens is 389 g/mol. The largest absolute Gasteiger partial charge is 0.345 e. The molecule has 1 aromatic carbocycles. The summed E-state index contributed by atoms with van der Waals surface area (Å²) in [5.41, 5.74) is 2.29. The van der Waals surface area contributed by atoms with E-state index in [1.807, 2.05) is 5.32 Å². The molecule has 0 aliphatic carbocycles. The molecule has 1 aliphatic rings. The quantitative estimate of drug-likeness (QED) is 0.472. The molecule has 1 aromatic rings. The molecule has 0 unspecified atom stereocenters. The van der Waals surface area contributed by atoms with Gasteiger partial charge >= 0.3 is 6.03 Å². The second-order valence-corrected chi connectivity index (χ2v) is 5.90. The lowest BCUT2D eigenvalue weighted by Gasteiger charge is -2.14. The minimum Gasteiger partial charge on any atom is -0.345 e. The Morgan fingerprint density at radius 2 is 1.77 bits per heavy atom. The highest BCUT2D eigenvalue weighted by molar-refractivity contribution is 6.36. The highest BCUT2D eigenvalue weighted by Crippen LogP contribution is 2.20. The number of halogens is 2. The SMILES string of the molecule is O=C(CNC(=O)c1ccc(Cl)cc1Cl)NCC(=O)NN1CC(=O)NC1=O. The van der Waals surface area contributed by atoms with Crippen molar-refractivity contribution < 1.29 is 24.0 Å². The molecule has 4 N–H and O–H groups in total. The zero-order valence-electron chi connectivity index (χ0n) is 13.1. The number of carbonyl (C=O) groups excluding carboxylic acids is 5. The van der Waals surface area contributed by atoms with Gasteiger partial charge in [0, 0.05) is 5.02 Å². The molecule has 1 fully saturated rings. The Labute approximate surface area is 157 Å². The molecule has 0 bridgehead atoms. The maximum absolute atomic E-state index is 11.9. The van der Waals surface area contributed by atoms with E-state index in [9.17, 15) is 24.0 Å². The molecule has 12 heteroatoms. The van der Waals surface area contributed by atoms with E-state index in [0.29, 0.717) is 5.02 Å². The van der Waals surface area contributed by atoms with Gasteiger partial charge in [0.05, 0.1) is 23.7 Å². The number of imide groups is 1. The summed E-state index contributed by atoms with van der Waals surface area (Å²) in [6.45, 7) is -1.15. The van der Waals surface area contributed by atoms with E-state index in [0.717, 1.165) is 5.01 Å². The Morgan fingerprint density at radius 3 is 2.38 bits per heavy atom. The van der Waals surface area contributed by atoms with Crippen molar-refractivity contribution in [3.05, 3.63) is 33.8 Å². The first-order valence-corrected chi connectivity index (χ1v) is 7.92. The molecular formula is C14H13Cl2N5O5. The van der Waals surface area contributed by atoms with Gasteiger partial charge in [-0.3, -0.25) is 29.9 Å². The molecule has 10 nitrogen and oxygen atoms in total. The molecule has 1 aliphatic heterocycles. The number of nitrogens with zero attached hydrogens (tertiary/aromatic N) is 1. The molecule has 6 amide bonds. The Morgan fingerprint density at radius 1 is 1.08 bits per heavy atom. The van der Waals surface area contributed by atoms with Crippen LogP contribution in [-0.2, 0) is 14.4 Å². The predicted molar refractivity (Wildman–Crippen MR) is 90.2 cm³/mol. The van der Waals surface area contributed by atoms with Gasteiger partial charge < -0.3 is 10.6 Å². The Balaban J connectivity index is 1.73. The van der Waals surface area contributed by atoms with Gasteiger partial charge in [-0.15, -0.1) is 0 Å². The molecule has 26 heavy (non-hydrogen) atoms. The van der Waals surface area contributed by atoms with E-state index in [4.69, 9.17) is 23.2 Å². The number of hydrogen-bond acceptors (Lipinski definition) is 5. The standard InChI is InChI=1S/C14H13Cl2N5O5/c15-7-1-2-8(9(16)3-7)13(25)18-4-10(22)17-5-11(23)20-21-6-12(24)19-14(21)26/h1-3H,4-6H2,(H,17,22)(H,18,25)(H,20,23)(H,19,24,26). The fraction of sp³-hybridized carbons (Fsp3) is 0.214. The molecule has 0 aromatic heterocycles. The summed E-state index contributed by atoms with van der Waals surface area (Å²) in [6.07, 6.45) is 0. The lowest BCUT2D eigenvalue weighted by Crippen LogP contribution is -2.49. The fourth-order valence-electron chi connectivity index (χ4n) is 1.89. The summed E-state index contributed by atoms with van der Waals surface area (Å²) >= 11 is 11.6. The van der Waals surface area contributed by atoms with Crippen LogP contribution in [0.2, 0.25) is 10.0 Å². The number of benzene rings is 1. The molecule has 2 rings (SSSR count). The fourth-order valence-corrected chi connectivity index (χ4v) is 2.39. The van der Waals surface area contributed by atoms with E-state index in [1.165, 1.54) is 18.2 Å². The first-order valence-electron chi connectivity index (χ1n) is 7.17. The first-order chi connectivity index (χ1) is 12.3. The van der Waals surface area contributed by atoms with Crippen LogP contribution >= 0.6 is 23.2 Å². The minimum atomic E-state index is -0.762. The zero-order valence-corrected chi connectivity index (χ0v) is 14.6. The topological polar surface area (TPSA) is 137 Å². The molecule has 0 spiro atoms. The van der Waals surface area contributed by atoms with Crippen LogP contribution in [0, 0.1) is 0 Å². The van der Waals surface area contributed by atoms with Gasteiger partial charge in [0.15, 0.2) is 0 Å². The van der Waals surface area contributed by atoms with Gasteiger partial charge in [-0.25, -0.2) is 9.80 Å². The summed E-state index contributed by atoms with van der Waals surface area (Å²) in [5, 5.41) is 7.84. The van der Waals surface area contributed by atoms with Crippen LogP contribution in [0.25, 0.3) is 0 Å². The second kappa shape index (κ2) is 8.50. The minimum absolute atomic E-state index is 0.133. The zero-order chi connectivity index (χ0) is 19.3. The van der Waals surface area contributed by atoms with E-state index >= 15 is 0 Å². The van der Waals surface area contributed by atoms with E-state index in [2.05, 4.69) is 16.1 Å². The van der Waals surface area contributed by atoms with Crippen molar-refractivity contribution in [2.45, 2.75) is 0 Å². The Kier molecular flexibility index (Phi) is 6.36. The highest BCUT2D eigenvalue weighted by atomic mass is 35.5. The normalized spacial score (nSPS) is 13.2. The molecule has 1 heterocycles. The van der Waals surface area contributed by atoms with E-state index in [-0.39, 0.29) is 17.1 Å². The average molecular weight is 402 g/mol. The number of nitrogens with one attached hydrogen (secondary N) is 4. The summed E-state index contributed by atoms with van der Waals surface area (Å²) < 4.78 is 0. The Hall–Kier alpha value is -2.85. The van der Waals surface area contributed by atoms with Crippen molar-refractivity contribution in [3.63, 3.8) is 0 Å². The average Bonchev–Trinajstić information content (AvgIpc) is 2.88. The highest BCUT2D eigenvalue weighted by Gasteiger charge is 2.28. The van der Waals surface area contributed by atoms with Crippen LogP contribution in [0.5, 0.6) is 0 Å². The third-order valence-electron chi connectivity index (χ3n) is 3.08. The number of hydrazine groups is 1. The van der Waals surface area contributed by atoms with Crippen molar-refractivity contribution in [3.8, 4) is 0 Å². The molecule has 0 atom stereocenters. The summed E-state index contributed by atoms with van der Waals surface area (Å²) in [5.74, 6) is -2.49. The van der Waals surface area contributed by atoms with Crippen molar-refractivity contribution in [1.82, 2.24) is 26.4 Å². The smallest absolute Gasteiger partial charge is 0.343 e. The monoisotopic (exact) mass is 401 g/mol. The molecule has 138 valence electrons. The first kappa shape index (κ1) is 19.5. The number of rotatable bonds is 6. The second-order valence-electron chi connectivity index (χ2n) is 5.06. The van der Waals surface area contributed by atoms with Gasteiger partial charge in [-0.2, -0.15) is 0 Å². The number of amides is 6. The van der Waals surface area contributed by atoms with Gasteiger partial charge in [-0.1, -0.05) is 23.2 Å². The number of hydrogen-bond donors (Lipinski definition) is 4. The van der Waals surface area contributed by atoms with Crippen LogP contribution in [0.1, 0.15) is 10.4 Å². The van der Waals surface area contributed by atoms with Gasteiger partial charge in [-0.05, 0) is 18.2 Å². The van der Waals surface area contributed by atoms with Crippen LogP contribution in [0.15, 0.2) is 18.2 Å². The summed E-state index contributed by atoms with van der Waals surface area (Å²) in [4.78, 5) is 57.4. The lowest BCUT2D eigenvalue weighted by molar-refractivity contribution is -0.128. The maximum atomic E-state index is 11.9. The van der Waals surface area contributed by atoms with Crippen molar-refractivity contribution in [2.24, 2.45) is 0 Å². The van der Waals surface area contributed by atoms with Crippen LogP contribution in [0.3, 0.4) is 0 Å². The Bertz CT molecular complexity index is 785. The number of urea groups is 1. The van der Waals surface area contributed by atoms with Gasteiger partial charge in [0.25, 0.3) is 11.8 Å². The maximum Gasteiger partial charge on any atom is 0.343 e. The van der Waals surface area contributed by atoms with Crippen molar-refractivity contribution >= 4 is 52.9 Å². The molecule has 0 saturated carbocycles. The number of carbonyl (C=O) groups is 5. The van der Waals surface area contributed by atoms with Crippen LogP contribution in [0.4, 0.5) is 4.79 Å². The van der Waals surface area contributed by atoms with E-state index in [1.54, 1.807) is 0 Å². The molecule has 1 saturated heterocycles. The van der Waals surface area contributed by atoms with Crippen molar-refractivity contribution in [1.29, 1.82) is 0 Å². The summed E-state index contributed by atoms with van der Waals surface area (Å²) in [7, 11) is 0. The van der Waals surface area contributed by atoms with Gasteiger partial charge in [0.2, 0.25) is 11.8 Å². The van der Waals surface area contributed by atoms with Gasteiger partial charge in [0.1, 0.15) is 6.54 Å². The summed E-state index contributed by atoms with van der Waals surface area (Å²) in [6, 6.07) is 3.52. The predicted octanol–water partition coefficient (Wildman–Crippen LogP) is -0.578. The van der Waals surface area contributed by atoms with E-state index < -0.39 is 42.7 Å². The third kappa shape index (κ3) is 5.33. The molecule has 0 radical (unpaired) electrons. The van der Waals surface area contributed by atoms with Crippen LogP contribution in [-0.4, -0.2) is 54.3 Å². The third-order valence-corrected chi connectivity index (χ3v) is 3.63. The van der Waals surface area contributed by atoms with Crippen LogP contribution < -0.4 is 21.4 Å².